The standard InChI is InChI=1S/C12H18N2O3/c1-11(2,3)17-10(16)14-6-4-12(8-13,9-15)5-7-14/h9H,4-7H2,1-3H3. The second-order valence-electron chi connectivity index (χ2n) is 5.35. The van der Waals surface area contributed by atoms with Gasteiger partial charge in [-0.05, 0) is 33.6 Å². The zero-order chi connectivity index (χ0) is 13.1. The zero-order valence-electron chi connectivity index (χ0n) is 10.5. The topological polar surface area (TPSA) is 70.4 Å². The van der Waals surface area contributed by atoms with Gasteiger partial charge in [0, 0.05) is 13.1 Å². The summed E-state index contributed by atoms with van der Waals surface area (Å²) < 4.78 is 5.23. The summed E-state index contributed by atoms with van der Waals surface area (Å²) in [5.74, 6) is 0. The summed E-state index contributed by atoms with van der Waals surface area (Å²) >= 11 is 0. The van der Waals surface area contributed by atoms with Crippen molar-refractivity contribution >= 4 is 12.4 Å². The third-order valence-electron chi connectivity index (χ3n) is 2.76. The van der Waals surface area contributed by atoms with Crippen LogP contribution in [-0.2, 0) is 9.53 Å². The van der Waals surface area contributed by atoms with Gasteiger partial charge in [-0.1, -0.05) is 0 Å². The lowest BCUT2D eigenvalue weighted by molar-refractivity contribution is -0.115. The van der Waals surface area contributed by atoms with Gasteiger partial charge in [-0.15, -0.1) is 0 Å². The van der Waals surface area contributed by atoms with Gasteiger partial charge in [-0.3, -0.25) is 0 Å². The second kappa shape index (κ2) is 4.74. The van der Waals surface area contributed by atoms with Crippen molar-refractivity contribution in [2.24, 2.45) is 5.41 Å². The van der Waals surface area contributed by atoms with Gasteiger partial charge < -0.3 is 14.4 Å². The van der Waals surface area contributed by atoms with Crippen LogP contribution in [0.25, 0.3) is 0 Å². The minimum absolute atomic E-state index is 0.380. The van der Waals surface area contributed by atoms with Crippen molar-refractivity contribution in [2.75, 3.05) is 13.1 Å². The van der Waals surface area contributed by atoms with Crippen LogP contribution >= 0.6 is 0 Å². The molecule has 0 spiro atoms. The first-order valence-corrected chi connectivity index (χ1v) is 5.67. The molecule has 0 bridgehead atoms. The third-order valence-corrected chi connectivity index (χ3v) is 2.76. The maximum atomic E-state index is 11.7. The van der Waals surface area contributed by atoms with Crippen molar-refractivity contribution < 1.29 is 14.3 Å². The van der Waals surface area contributed by atoms with Crippen LogP contribution in [0.15, 0.2) is 0 Å². The van der Waals surface area contributed by atoms with Crippen LogP contribution < -0.4 is 0 Å². The summed E-state index contributed by atoms with van der Waals surface area (Å²) in [5, 5.41) is 8.94. The van der Waals surface area contributed by atoms with Gasteiger partial charge in [0.25, 0.3) is 0 Å². The average molecular weight is 238 g/mol. The highest BCUT2D eigenvalue weighted by Gasteiger charge is 2.37. The first-order valence-electron chi connectivity index (χ1n) is 5.67. The van der Waals surface area contributed by atoms with Crippen molar-refractivity contribution in [2.45, 2.75) is 39.2 Å². The van der Waals surface area contributed by atoms with Crippen LogP contribution in [0, 0.1) is 16.7 Å². The SMILES string of the molecule is CC(C)(C)OC(=O)N1CCC(C#N)(C=O)CC1. The Hall–Kier alpha value is -1.57. The number of amides is 1. The number of carbonyl (C=O) groups is 2. The van der Waals surface area contributed by atoms with Crippen LogP contribution in [0.4, 0.5) is 4.79 Å². The third kappa shape index (κ3) is 3.45. The summed E-state index contributed by atoms with van der Waals surface area (Å²) in [6.45, 7) is 6.20. The normalized spacial score (nSPS) is 19.3. The molecule has 17 heavy (non-hydrogen) atoms. The molecule has 0 aliphatic carbocycles. The van der Waals surface area contributed by atoms with Crippen molar-refractivity contribution in [3.63, 3.8) is 0 Å². The molecule has 1 aliphatic rings. The van der Waals surface area contributed by atoms with E-state index in [1.165, 1.54) is 0 Å². The molecule has 1 heterocycles. The molecule has 0 radical (unpaired) electrons. The Morgan fingerprint density at radius 2 is 1.94 bits per heavy atom. The average Bonchev–Trinajstić information content (AvgIpc) is 2.27. The number of carbonyl (C=O) groups excluding carboxylic acids is 2. The fourth-order valence-electron chi connectivity index (χ4n) is 1.67. The Kier molecular flexibility index (Phi) is 3.76. The Morgan fingerprint density at radius 3 is 2.29 bits per heavy atom. The van der Waals surface area contributed by atoms with Crippen molar-refractivity contribution in [1.82, 2.24) is 4.90 Å². The Bertz CT molecular complexity index is 344. The van der Waals surface area contributed by atoms with E-state index >= 15 is 0 Å². The lowest BCUT2D eigenvalue weighted by atomic mass is 9.81. The molecule has 1 saturated heterocycles. The molecule has 94 valence electrons. The first kappa shape index (κ1) is 13.5. The number of piperidine rings is 1. The van der Waals surface area contributed by atoms with Crippen molar-refractivity contribution in [3.05, 3.63) is 0 Å². The fraction of sp³-hybridized carbons (Fsp3) is 0.750. The number of nitrogens with zero attached hydrogens (tertiary/aromatic N) is 2. The molecule has 0 saturated carbocycles. The molecule has 5 nitrogen and oxygen atoms in total. The van der Waals surface area contributed by atoms with Gasteiger partial charge in [0.1, 0.15) is 17.3 Å². The smallest absolute Gasteiger partial charge is 0.410 e. The number of hydrogen-bond donors (Lipinski definition) is 0. The van der Waals surface area contributed by atoms with Crippen LogP contribution in [-0.4, -0.2) is 36.0 Å². The summed E-state index contributed by atoms with van der Waals surface area (Å²) in [5.41, 5.74) is -1.44. The van der Waals surface area contributed by atoms with E-state index in [1.54, 1.807) is 25.7 Å². The van der Waals surface area contributed by atoms with Gasteiger partial charge in [-0.2, -0.15) is 5.26 Å². The van der Waals surface area contributed by atoms with Gasteiger partial charge in [0.15, 0.2) is 0 Å². The van der Waals surface area contributed by atoms with E-state index in [4.69, 9.17) is 10.00 Å². The highest BCUT2D eigenvalue weighted by Crippen LogP contribution is 2.29. The molecule has 5 heteroatoms. The molecule has 1 amide bonds. The zero-order valence-corrected chi connectivity index (χ0v) is 10.5. The van der Waals surface area contributed by atoms with Gasteiger partial charge >= 0.3 is 6.09 Å². The Morgan fingerprint density at radius 1 is 1.41 bits per heavy atom. The van der Waals surface area contributed by atoms with E-state index in [0.29, 0.717) is 32.2 Å². The van der Waals surface area contributed by atoms with E-state index in [1.807, 2.05) is 6.07 Å². The molecule has 1 rings (SSSR count). The number of ether oxygens (including phenoxy) is 1. The van der Waals surface area contributed by atoms with E-state index in [0.717, 1.165) is 0 Å². The molecular formula is C12H18N2O3. The lowest BCUT2D eigenvalue weighted by Gasteiger charge is -2.34. The Labute approximate surface area is 101 Å². The molecule has 0 aromatic heterocycles. The van der Waals surface area contributed by atoms with Gasteiger partial charge in [0.05, 0.1) is 6.07 Å². The minimum atomic E-state index is -0.918. The molecule has 1 fully saturated rings. The molecule has 0 aromatic carbocycles. The maximum Gasteiger partial charge on any atom is 0.410 e. The molecule has 1 aliphatic heterocycles. The highest BCUT2D eigenvalue weighted by atomic mass is 16.6. The monoisotopic (exact) mass is 238 g/mol. The van der Waals surface area contributed by atoms with E-state index < -0.39 is 11.0 Å². The molecule has 0 atom stereocenters. The predicted molar refractivity (Wildman–Crippen MR) is 61.2 cm³/mol. The predicted octanol–water partition coefficient (Wildman–Crippen LogP) is 1.73. The minimum Gasteiger partial charge on any atom is -0.444 e. The molecule has 0 aromatic rings. The van der Waals surface area contributed by atoms with E-state index in [9.17, 15) is 9.59 Å². The summed E-state index contributed by atoms with van der Waals surface area (Å²) in [7, 11) is 0. The van der Waals surface area contributed by atoms with E-state index in [-0.39, 0.29) is 6.09 Å². The number of likely N-dealkylation sites (tertiary alicyclic amines) is 1. The largest absolute Gasteiger partial charge is 0.444 e. The van der Waals surface area contributed by atoms with Gasteiger partial charge in [-0.25, -0.2) is 4.79 Å². The van der Waals surface area contributed by atoms with Crippen LogP contribution in [0.5, 0.6) is 0 Å². The highest BCUT2D eigenvalue weighted by molar-refractivity contribution is 5.70. The quantitative estimate of drug-likeness (QED) is 0.652. The second-order valence-corrected chi connectivity index (χ2v) is 5.35. The lowest BCUT2D eigenvalue weighted by Crippen LogP contribution is -2.45. The van der Waals surface area contributed by atoms with Crippen molar-refractivity contribution in [3.8, 4) is 6.07 Å². The van der Waals surface area contributed by atoms with Crippen LogP contribution in [0.1, 0.15) is 33.6 Å². The number of hydrogen-bond acceptors (Lipinski definition) is 4. The summed E-state index contributed by atoms with van der Waals surface area (Å²) in [6, 6.07) is 2.03. The van der Waals surface area contributed by atoms with Crippen LogP contribution in [0.3, 0.4) is 0 Å². The van der Waals surface area contributed by atoms with Gasteiger partial charge in [0.2, 0.25) is 0 Å². The maximum absolute atomic E-state index is 11.7. The Balaban J connectivity index is 2.56. The van der Waals surface area contributed by atoms with Crippen molar-refractivity contribution in [1.29, 1.82) is 5.26 Å². The fourth-order valence-corrected chi connectivity index (χ4v) is 1.67. The number of aldehydes is 1. The van der Waals surface area contributed by atoms with Crippen LogP contribution in [0.2, 0.25) is 0 Å². The van der Waals surface area contributed by atoms with E-state index in [2.05, 4.69) is 0 Å². The summed E-state index contributed by atoms with van der Waals surface area (Å²) in [6.07, 6.45) is 1.08. The molecular weight excluding hydrogens is 220 g/mol. The molecule has 0 N–H and O–H groups in total. The molecule has 0 unspecified atom stereocenters. The number of nitriles is 1. The first-order chi connectivity index (χ1) is 7.82. The number of rotatable bonds is 1. The summed E-state index contributed by atoms with van der Waals surface area (Å²) in [4.78, 5) is 24.1.